The normalized spacial score (nSPS) is 10.3. The summed E-state index contributed by atoms with van der Waals surface area (Å²) in [5, 5.41) is 8.50. The molecule has 0 fully saturated rings. The number of thioether (sulfide) groups is 1. The summed E-state index contributed by atoms with van der Waals surface area (Å²) >= 11 is 0.956. The van der Waals surface area contributed by atoms with Gasteiger partial charge in [0.2, 0.25) is 5.91 Å². The molecule has 21 heavy (non-hydrogen) atoms. The van der Waals surface area contributed by atoms with Gasteiger partial charge in [-0.15, -0.1) is 0 Å². The van der Waals surface area contributed by atoms with E-state index < -0.39 is 11.2 Å². The number of carbonyl (C=O) groups excluding carboxylic acids is 1. The zero-order valence-electron chi connectivity index (χ0n) is 11.3. The summed E-state index contributed by atoms with van der Waals surface area (Å²) in [6.45, 7) is 2.03. The maximum Gasteiger partial charge on any atom is 0.342 e. The van der Waals surface area contributed by atoms with Crippen molar-refractivity contribution in [3.8, 4) is 0 Å². The lowest BCUT2D eigenvalue weighted by molar-refractivity contribution is -0.113. The van der Waals surface area contributed by atoms with Gasteiger partial charge in [0, 0.05) is 5.69 Å². The predicted octanol–water partition coefficient (Wildman–Crippen LogP) is 0.751. The Balaban J connectivity index is 1.95. The molecule has 2 rings (SSSR count). The van der Waals surface area contributed by atoms with Gasteiger partial charge in [-0.05, 0) is 24.1 Å². The number of hydrogen-bond donors (Lipinski definition) is 3. The van der Waals surface area contributed by atoms with Gasteiger partial charge in [0.15, 0.2) is 5.03 Å². The first kappa shape index (κ1) is 15.0. The minimum Gasteiger partial charge on any atom is -0.325 e. The van der Waals surface area contributed by atoms with Gasteiger partial charge in [-0.2, -0.15) is 5.10 Å². The van der Waals surface area contributed by atoms with Crippen molar-refractivity contribution in [3.63, 3.8) is 0 Å². The van der Waals surface area contributed by atoms with Gasteiger partial charge in [0.25, 0.3) is 5.56 Å². The molecule has 8 heteroatoms. The molecule has 0 saturated heterocycles. The number of nitrogens with one attached hydrogen (secondary N) is 3. The summed E-state index contributed by atoms with van der Waals surface area (Å²) < 4.78 is 0. The molecule has 3 N–H and O–H groups in total. The molecule has 110 valence electrons. The SMILES string of the molecule is CCc1cccc(NC(=O)CSc2n[nH]c(=O)[nH]c2=O)c1. The van der Waals surface area contributed by atoms with E-state index in [1.54, 1.807) is 6.07 Å². The Labute approximate surface area is 124 Å². The summed E-state index contributed by atoms with van der Waals surface area (Å²) in [5.41, 5.74) is 0.553. The van der Waals surface area contributed by atoms with Crippen LogP contribution in [0.3, 0.4) is 0 Å². The van der Waals surface area contributed by atoms with Gasteiger partial charge in [-0.3, -0.25) is 14.6 Å². The highest BCUT2D eigenvalue weighted by molar-refractivity contribution is 7.99. The van der Waals surface area contributed by atoms with Crippen LogP contribution < -0.4 is 16.6 Å². The van der Waals surface area contributed by atoms with Crippen molar-refractivity contribution in [1.29, 1.82) is 0 Å². The lowest BCUT2D eigenvalue weighted by atomic mass is 10.1. The Hall–Kier alpha value is -2.35. The third kappa shape index (κ3) is 4.32. The standard InChI is InChI=1S/C13H14N4O3S/c1-2-8-4-3-5-9(6-8)14-10(18)7-21-12-11(19)15-13(20)17-16-12/h3-6H,2,7H2,1H3,(H,14,18)(H2,15,17,19,20). The molecule has 0 aliphatic rings. The second-order valence-electron chi connectivity index (χ2n) is 4.20. The number of benzene rings is 1. The van der Waals surface area contributed by atoms with Crippen molar-refractivity contribution in [1.82, 2.24) is 15.2 Å². The van der Waals surface area contributed by atoms with Crippen molar-refractivity contribution in [2.45, 2.75) is 18.4 Å². The number of carbonyl (C=O) groups is 1. The number of aromatic amines is 2. The van der Waals surface area contributed by atoms with Crippen LogP contribution in [0, 0.1) is 0 Å². The van der Waals surface area contributed by atoms with Crippen molar-refractivity contribution < 1.29 is 4.79 Å². The van der Waals surface area contributed by atoms with Crippen LogP contribution >= 0.6 is 11.8 Å². The maximum absolute atomic E-state index is 11.8. The van der Waals surface area contributed by atoms with Crippen LogP contribution in [0.2, 0.25) is 0 Å². The fourth-order valence-electron chi connectivity index (χ4n) is 1.63. The number of H-pyrrole nitrogens is 2. The average molecular weight is 306 g/mol. The quantitative estimate of drug-likeness (QED) is 0.707. The van der Waals surface area contributed by atoms with Crippen LogP contribution in [-0.2, 0) is 11.2 Å². The number of amides is 1. The van der Waals surface area contributed by atoms with E-state index in [-0.39, 0.29) is 16.7 Å². The van der Waals surface area contributed by atoms with E-state index >= 15 is 0 Å². The molecule has 2 aromatic rings. The molecule has 0 unspecified atom stereocenters. The molecule has 0 spiro atoms. The molecule has 1 amide bonds. The van der Waals surface area contributed by atoms with Crippen molar-refractivity contribution in [2.24, 2.45) is 0 Å². The number of rotatable bonds is 5. The highest BCUT2D eigenvalue weighted by atomic mass is 32.2. The molecule has 1 heterocycles. The second kappa shape index (κ2) is 6.89. The fraction of sp³-hybridized carbons (Fsp3) is 0.231. The van der Waals surface area contributed by atoms with Crippen molar-refractivity contribution in [2.75, 3.05) is 11.1 Å². The highest BCUT2D eigenvalue weighted by Gasteiger charge is 2.08. The van der Waals surface area contributed by atoms with Crippen LogP contribution in [0.1, 0.15) is 12.5 Å². The second-order valence-corrected chi connectivity index (χ2v) is 5.17. The Morgan fingerprint density at radius 3 is 2.90 bits per heavy atom. The Morgan fingerprint density at radius 2 is 2.19 bits per heavy atom. The smallest absolute Gasteiger partial charge is 0.325 e. The molecule has 0 radical (unpaired) electrons. The van der Waals surface area contributed by atoms with Crippen LogP contribution in [0.5, 0.6) is 0 Å². The molecule has 7 nitrogen and oxygen atoms in total. The number of aryl methyl sites for hydroxylation is 1. The Kier molecular flexibility index (Phi) is 4.94. The van der Waals surface area contributed by atoms with E-state index in [0.717, 1.165) is 23.7 Å². The van der Waals surface area contributed by atoms with Gasteiger partial charge in [0.05, 0.1) is 5.75 Å². The molecule has 0 bridgehead atoms. The van der Waals surface area contributed by atoms with E-state index in [1.165, 1.54) is 0 Å². The average Bonchev–Trinajstić information content (AvgIpc) is 2.46. The van der Waals surface area contributed by atoms with Crippen LogP contribution in [-0.4, -0.2) is 26.8 Å². The van der Waals surface area contributed by atoms with E-state index in [4.69, 9.17) is 0 Å². The predicted molar refractivity (Wildman–Crippen MR) is 80.7 cm³/mol. The molecule has 1 aromatic heterocycles. The topological polar surface area (TPSA) is 108 Å². The van der Waals surface area contributed by atoms with E-state index in [0.29, 0.717) is 5.69 Å². The zero-order valence-corrected chi connectivity index (χ0v) is 12.1. The van der Waals surface area contributed by atoms with Crippen LogP contribution in [0.4, 0.5) is 5.69 Å². The van der Waals surface area contributed by atoms with E-state index in [1.807, 2.05) is 30.1 Å². The van der Waals surface area contributed by atoms with Crippen LogP contribution in [0.25, 0.3) is 0 Å². The number of anilines is 1. The first-order valence-corrected chi connectivity index (χ1v) is 7.27. The van der Waals surface area contributed by atoms with Crippen molar-refractivity contribution in [3.05, 3.63) is 50.7 Å². The molecule has 0 saturated carbocycles. The zero-order chi connectivity index (χ0) is 15.2. The minimum atomic E-state index is -0.676. The summed E-state index contributed by atoms with van der Waals surface area (Å²) in [6, 6.07) is 7.55. The Bertz CT molecular complexity index is 753. The molecule has 1 aromatic carbocycles. The highest BCUT2D eigenvalue weighted by Crippen LogP contribution is 2.13. The number of nitrogens with zero attached hydrogens (tertiary/aromatic N) is 1. The summed E-state index contributed by atoms with van der Waals surface area (Å²) in [4.78, 5) is 36.1. The monoisotopic (exact) mass is 306 g/mol. The Morgan fingerprint density at radius 1 is 1.38 bits per heavy atom. The minimum absolute atomic E-state index is 0.0263. The third-order valence-electron chi connectivity index (χ3n) is 2.64. The molecular weight excluding hydrogens is 292 g/mol. The van der Waals surface area contributed by atoms with Gasteiger partial charge in [-0.1, -0.05) is 30.8 Å². The van der Waals surface area contributed by atoms with Gasteiger partial charge in [-0.25, -0.2) is 9.89 Å². The first-order chi connectivity index (χ1) is 10.1. The largest absolute Gasteiger partial charge is 0.342 e. The molecule has 0 aliphatic heterocycles. The third-order valence-corrected chi connectivity index (χ3v) is 3.60. The van der Waals surface area contributed by atoms with Crippen LogP contribution in [0.15, 0.2) is 38.9 Å². The lowest BCUT2D eigenvalue weighted by Crippen LogP contribution is -2.25. The lowest BCUT2D eigenvalue weighted by Gasteiger charge is -2.06. The summed E-state index contributed by atoms with van der Waals surface area (Å²) in [6.07, 6.45) is 0.884. The number of hydrogen-bond acceptors (Lipinski definition) is 5. The summed E-state index contributed by atoms with van der Waals surface area (Å²) in [7, 11) is 0. The van der Waals surface area contributed by atoms with Crippen molar-refractivity contribution >= 4 is 23.4 Å². The van der Waals surface area contributed by atoms with Gasteiger partial charge in [0.1, 0.15) is 0 Å². The molecule has 0 aliphatic carbocycles. The number of aromatic nitrogens is 3. The summed E-state index contributed by atoms with van der Waals surface area (Å²) in [5.74, 6) is -0.223. The first-order valence-electron chi connectivity index (χ1n) is 6.29. The van der Waals surface area contributed by atoms with Gasteiger partial charge >= 0.3 is 5.69 Å². The maximum atomic E-state index is 11.8. The molecule has 0 atom stereocenters. The van der Waals surface area contributed by atoms with E-state index in [9.17, 15) is 14.4 Å². The molecular formula is C13H14N4O3S. The van der Waals surface area contributed by atoms with E-state index in [2.05, 4.69) is 15.5 Å². The fourth-order valence-corrected chi connectivity index (χ4v) is 2.27. The van der Waals surface area contributed by atoms with Gasteiger partial charge < -0.3 is 5.32 Å².